The van der Waals surface area contributed by atoms with Crippen molar-refractivity contribution < 1.29 is 32.4 Å². The van der Waals surface area contributed by atoms with E-state index in [0.717, 1.165) is 36.4 Å². The molecule has 0 aromatic heterocycles. The van der Waals surface area contributed by atoms with Crippen LogP contribution in [0.1, 0.15) is 10.4 Å². The van der Waals surface area contributed by atoms with Gasteiger partial charge in [-0.1, -0.05) is 23.2 Å². The predicted molar refractivity (Wildman–Crippen MR) is 105 cm³/mol. The molecule has 0 aliphatic heterocycles. The molecule has 1 amide bonds. The molecule has 0 radical (unpaired) electrons. The molecule has 0 saturated carbocycles. The van der Waals surface area contributed by atoms with Gasteiger partial charge in [0.25, 0.3) is 11.6 Å². The van der Waals surface area contributed by atoms with Gasteiger partial charge in [-0.25, -0.2) is 4.79 Å². The zero-order valence-electron chi connectivity index (χ0n) is 15.4. The van der Waals surface area contributed by atoms with Crippen molar-refractivity contribution in [1.29, 1.82) is 0 Å². The van der Waals surface area contributed by atoms with Crippen LogP contribution in [0.15, 0.2) is 42.5 Å². The molecule has 14 heteroatoms. The summed E-state index contributed by atoms with van der Waals surface area (Å²) in [6, 6.07) is 7.63. The smallest absolute Gasteiger partial charge is 0.438 e. The van der Waals surface area contributed by atoms with Crippen molar-refractivity contribution in [1.82, 2.24) is 10.7 Å². The number of hydrogen-bond acceptors (Lipinski definition) is 7. The number of nitro groups is 1. The zero-order chi connectivity index (χ0) is 23.4. The van der Waals surface area contributed by atoms with Crippen LogP contribution in [-0.4, -0.2) is 35.7 Å². The van der Waals surface area contributed by atoms with E-state index in [9.17, 15) is 32.9 Å². The maximum Gasteiger partial charge on any atom is 0.438 e. The average Bonchev–Trinajstić information content (AvgIpc) is 2.69. The Morgan fingerprint density at radius 2 is 1.71 bits per heavy atom. The number of anilines is 1. The summed E-state index contributed by atoms with van der Waals surface area (Å²) in [7, 11) is 0.692. The van der Waals surface area contributed by atoms with Crippen LogP contribution >= 0.6 is 23.2 Å². The van der Waals surface area contributed by atoms with Gasteiger partial charge in [-0.2, -0.15) is 18.6 Å². The number of rotatable bonds is 7. The number of nitro benzene ring substituents is 1. The van der Waals surface area contributed by atoms with Gasteiger partial charge in [-0.05, 0) is 30.3 Å². The minimum Gasteiger partial charge on any atom is -0.466 e. The lowest BCUT2D eigenvalue weighted by atomic mass is 10.1. The van der Waals surface area contributed by atoms with E-state index in [1.54, 1.807) is 10.7 Å². The molecule has 0 bridgehead atoms. The highest BCUT2D eigenvalue weighted by Gasteiger charge is 2.63. The van der Waals surface area contributed by atoms with E-state index >= 15 is 0 Å². The summed E-state index contributed by atoms with van der Waals surface area (Å²) in [5.74, 6) is -3.25. The van der Waals surface area contributed by atoms with Crippen LogP contribution in [0.4, 0.5) is 24.5 Å². The highest BCUT2D eigenvalue weighted by molar-refractivity contribution is 6.36. The number of halogens is 5. The second-order valence-corrected chi connectivity index (χ2v) is 6.72. The fourth-order valence-corrected chi connectivity index (χ4v) is 2.78. The normalized spacial score (nSPS) is 13.1. The van der Waals surface area contributed by atoms with Crippen molar-refractivity contribution in [3.8, 4) is 0 Å². The quantitative estimate of drug-likeness (QED) is 0.239. The Bertz CT molecular complexity index is 1000. The molecule has 2 rings (SSSR count). The number of carbonyl (C=O) groups excluding carboxylic acids is 2. The summed E-state index contributed by atoms with van der Waals surface area (Å²) in [6.45, 7) is 0. The Labute approximate surface area is 182 Å². The monoisotopic (exact) mass is 480 g/mol. The Hall–Kier alpha value is -3.09. The number of methoxy groups -OCH3 is 1. The highest BCUT2D eigenvalue weighted by atomic mass is 35.5. The summed E-state index contributed by atoms with van der Waals surface area (Å²) in [5, 5.41) is 12.1. The summed E-state index contributed by atoms with van der Waals surface area (Å²) >= 11 is 11.6. The number of nitrogens with one attached hydrogen (secondary N) is 3. The van der Waals surface area contributed by atoms with E-state index in [0.29, 0.717) is 7.11 Å². The van der Waals surface area contributed by atoms with Gasteiger partial charge < -0.3 is 15.5 Å². The molecule has 0 fully saturated rings. The number of hydrogen-bond donors (Lipinski definition) is 3. The molecule has 3 N–H and O–H groups in total. The molecule has 31 heavy (non-hydrogen) atoms. The lowest BCUT2D eigenvalue weighted by Crippen LogP contribution is -2.73. The average molecular weight is 481 g/mol. The van der Waals surface area contributed by atoms with E-state index in [-0.39, 0.29) is 27.0 Å². The molecular formula is C17H13Cl2F3N4O5. The standard InChI is InChI=1S/C17H13Cl2F3N4O5/c1-31-15(28)16(17(20,21)22,23-14(27)12-7-2-9(18)8-13(12)19)25-24-10-3-5-11(6-4-10)26(29)30/h2-8,24-25H,1H3,(H,23,27)/t16-/m0/s1. The van der Waals surface area contributed by atoms with Crippen LogP contribution in [0, 0.1) is 10.1 Å². The fourth-order valence-electron chi connectivity index (χ4n) is 2.29. The number of ether oxygens (including phenoxy) is 1. The topological polar surface area (TPSA) is 123 Å². The van der Waals surface area contributed by atoms with Crippen LogP contribution in [0.5, 0.6) is 0 Å². The lowest BCUT2D eigenvalue weighted by molar-refractivity contribution is -0.384. The molecule has 0 heterocycles. The number of hydrazine groups is 1. The fraction of sp³-hybridized carbons (Fsp3) is 0.176. The Kier molecular flexibility index (Phi) is 7.31. The van der Waals surface area contributed by atoms with Gasteiger partial charge in [0.15, 0.2) is 0 Å². The van der Waals surface area contributed by atoms with Gasteiger partial charge in [-0.3, -0.25) is 14.9 Å². The largest absolute Gasteiger partial charge is 0.466 e. The zero-order valence-corrected chi connectivity index (χ0v) is 16.9. The molecule has 2 aromatic rings. The van der Waals surface area contributed by atoms with Crippen molar-refractivity contribution in [2.45, 2.75) is 11.8 Å². The van der Waals surface area contributed by atoms with Crippen LogP contribution in [0.2, 0.25) is 10.0 Å². The summed E-state index contributed by atoms with van der Waals surface area (Å²) in [4.78, 5) is 34.6. The predicted octanol–water partition coefficient (Wildman–Crippen LogP) is 3.68. The van der Waals surface area contributed by atoms with Crippen molar-refractivity contribution in [3.63, 3.8) is 0 Å². The molecule has 0 saturated heterocycles. The van der Waals surface area contributed by atoms with E-state index in [4.69, 9.17) is 23.2 Å². The number of alkyl halides is 3. The van der Waals surface area contributed by atoms with Crippen LogP contribution in [0.3, 0.4) is 0 Å². The second-order valence-electron chi connectivity index (χ2n) is 5.87. The summed E-state index contributed by atoms with van der Waals surface area (Å²) in [5.41, 5.74) is -0.738. The number of esters is 1. The first-order valence-corrected chi connectivity index (χ1v) is 8.87. The van der Waals surface area contributed by atoms with Gasteiger partial charge >= 0.3 is 17.8 Å². The molecule has 0 aliphatic rings. The maximum absolute atomic E-state index is 14.0. The first-order valence-electron chi connectivity index (χ1n) is 8.11. The highest BCUT2D eigenvalue weighted by Crippen LogP contribution is 2.31. The van der Waals surface area contributed by atoms with Gasteiger partial charge in [0, 0.05) is 22.8 Å². The van der Waals surface area contributed by atoms with Gasteiger partial charge in [0.1, 0.15) is 0 Å². The Morgan fingerprint density at radius 3 is 2.19 bits per heavy atom. The molecule has 0 aliphatic carbocycles. The van der Waals surface area contributed by atoms with Gasteiger partial charge in [0.05, 0.1) is 22.6 Å². The molecular weight excluding hydrogens is 468 g/mol. The van der Waals surface area contributed by atoms with Crippen LogP contribution in [-0.2, 0) is 9.53 Å². The number of non-ortho nitro benzene ring substituents is 1. The molecule has 0 spiro atoms. The van der Waals surface area contributed by atoms with Gasteiger partial charge in [-0.15, -0.1) is 0 Å². The second kappa shape index (κ2) is 9.37. The molecule has 0 unspecified atom stereocenters. The van der Waals surface area contributed by atoms with Crippen molar-refractivity contribution in [2.75, 3.05) is 12.5 Å². The third-order valence-electron chi connectivity index (χ3n) is 3.87. The minimum atomic E-state index is -5.40. The van der Waals surface area contributed by atoms with Crippen molar-refractivity contribution >= 4 is 46.5 Å². The van der Waals surface area contributed by atoms with E-state index in [1.807, 2.05) is 0 Å². The number of amides is 1. The number of benzene rings is 2. The maximum atomic E-state index is 14.0. The molecule has 2 aromatic carbocycles. The Balaban J connectivity index is 2.39. The SMILES string of the molecule is COC(=O)[C@@](NNc1ccc([N+](=O)[O-])cc1)(NC(=O)c1ccc(Cl)cc1Cl)C(F)(F)F. The van der Waals surface area contributed by atoms with E-state index < -0.39 is 28.6 Å². The number of carbonyl (C=O) groups is 2. The Morgan fingerprint density at radius 1 is 1.10 bits per heavy atom. The van der Waals surface area contributed by atoms with E-state index in [1.165, 1.54) is 6.07 Å². The summed E-state index contributed by atoms with van der Waals surface area (Å²) in [6.07, 6.45) is -5.40. The molecule has 1 atom stereocenters. The van der Waals surface area contributed by atoms with Gasteiger partial charge in [0.2, 0.25) is 0 Å². The summed E-state index contributed by atoms with van der Waals surface area (Å²) < 4.78 is 46.1. The lowest BCUT2D eigenvalue weighted by Gasteiger charge is -2.34. The van der Waals surface area contributed by atoms with E-state index in [2.05, 4.69) is 10.2 Å². The third kappa shape index (κ3) is 5.34. The molecule has 9 nitrogen and oxygen atoms in total. The first-order chi connectivity index (χ1) is 14.4. The van der Waals surface area contributed by atoms with Crippen molar-refractivity contribution in [2.24, 2.45) is 0 Å². The van der Waals surface area contributed by atoms with Crippen LogP contribution in [0.25, 0.3) is 0 Å². The van der Waals surface area contributed by atoms with Crippen LogP contribution < -0.4 is 16.2 Å². The van der Waals surface area contributed by atoms with Crippen molar-refractivity contribution in [3.05, 3.63) is 68.2 Å². The first kappa shape index (κ1) is 24.2. The number of nitrogens with zero attached hydrogens (tertiary/aromatic N) is 1. The minimum absolute atomic E-state index is 0.0816. The molecule has 166 valence electrons. The third-order valence-corrected chi connectivity index (χ3v) is 4.41.